The van der Waals surface area contributed by atoms with Gasteiger partial charge in [0.2, 0.25) is 0 Å². The number of nitrogens with zero attached hydrogens (tertiary/aromatic N) is 1. The number of unbranched alkanes of at least 4 members (excludes halogenated alkanes) is 16. The lowest BCUT2D eigenvalue weighted by molar-refractivity contribution is -0.870. The van der Waals surface area contributed by atoms with Gasteiger partial charge in [0.05, 0.1) is 34.4 Å². The van der Waals surface area contributed by atoms with Crippen molar-refractivity contribution in [2.45, 2.75) is 174 Å². The van der Waals surface area contributed by atoms with E-state index in [-0.39, 0.29) is 38.6 Å². The number of carbonyl (C=O) groups excluding carboxylic acids is 2. The minimum atomic E-state index is -1.51. The van der Waals surface area contributed by atoms with Gasteiger partial charge in [0.15, 0.2) is 6.10 Å². The van der Waals surface area contributed by atoms with Crippen LogP contribution < -0.4 is 0 Å². The summed E-state index contributed by atoms with van der Waals surface area (Å²) in [6.45, 7) is 4.77. The van der Waals surface area contributed by atoms with E-state index >= 15 is 0 Å². The first kappa shape index (κ1) is 49.5. The van der Waals surface area contributed by atoms with Crippen LogP contribution in [0.2, 0.25) is 0 Å². The molecule has 9 nitrogen and oxygen atoms in total. The summed E-state index contributed by atoms with van der Waals surface area (Å²) in [6, 6.07) is 0. The molecule has 0 aromatic heterocycles. The second kappa shape index (κ2) is 35.5. The molecule has 2 atom stereocenters. The Labute approximate surface area is 318 Å². The summed E-state index contributed by atoms with van der Waals surface area (Å²) in [5.41, 5.74) is 0. The van der Waals surface area contributed by atoms with Crippen LogP contribution in [0.3, 0.4) is 0 Å². The van der Waals surface area contributed by atoms with E-state index in [0.717, 1.165) is 77.0 Å². The van der Waals surface area contributed by atoms with Gasteiger partial charge >= 0.3 is 17.9 Å². The zero-order valence-electron chi connectivity index (χ0n) is 34.0. The minimum Gasteiger partial charge on any atom is -0.477 e. The molecule has 2 unspecified atom stereocenters. The van der Waals surface area contributed by atoms with Crippen LogP contribution in [0.25, 0.3) is 0 Å². The maximum Gasteiger partial charge on any atom is 0.361 e. The zero-order valence-corrected chi connectivity index (χ0v) is 34.0. The normalized spacial score (nSPS) is 13.3. The summed E-state index contributed by atoms with van der Waals surface area (Å²) in [6.07, 6.45) is 34.8. The maximum atomic E-state index is 12.7. The van der Waals surface area contributed by atoms with Crippen LogP contribution in [-0.4, -0.2) is 87.4 Å². The van der Waals surface area contributed by atoms with E-state index in [4.69, 9.17) is 18.9 Å². The molecule has 0 aromatic carbocycles. The van der Waals surface area contributed by atoms with Crippen molar-refractivity contribution < 1.29 is 42.9 Å². The van der Waals surface area contributed by atoms with Gasteiger partial charge in [0, 0.05) is 12.8 Å². The molecule has 0 rings (SSSR count). The van der Waals surface area contributed by atoms with Crippen LogP contribution in [0, 0.1) is 0 Å². The predicted octanol–water partition coefficient (Wildman–Crippen LogP) is 10.3. The fourth-order valence-corrected chi connectivity index (χ4v) is 5.33. The minimum absolute atomic E-state index is 0.183. The Morgan fingerprint density at radius 3 is 1.54 bits per heavy atom. The fraction of sp³-hybridized carbons (Fsp3) is 0.791. The van der Waals surface area contributed by atoms with Crippen molar-refractivity contribution in [2.24, 2.45) is 0 Å². The standard InChI is InChI=1S/C43H77NO8/c1-6-8-10-12-14-16-18-20-21-22-24-26-28-30-32-34-41(46)52-39(38-51-43(42(47)48)49-36-35-44(3,4)5)37-50-40(45)33-31-29-27-25-23-19-17-15-13-11-9-7-2/h14-17,20-21,39,43H,6-13,18-19,22-38H2,1-5H3/p+1/b16-14-,17-15-,21-20-. The third-order valence-corrected chi connectivity index (χ3v) is 8.62. The Morgan fingerprint density at radius 2 is 1.04 bits per heavy atom. The van der Waals surface area contributed by atoms with Gasteiger partial charge in [-0.1, -0.05) is 115 Å². The molecule has 0 aliphatic rings. The number of hydrogen-bond donors (Lipinski definition) is 1. The van der Waals surface area contributed by atoms with Gasteiger partial charge in [-0.2, -0.15) is 0 Å². The first-order valence-electron chi connectivity index (χ1n) is 20.7. The molecule has 0 fully saturated rings. The lowest BCUT2D eigenvalue weighted by Gasteiger charge is -2.25. The van der Waals surface area contributed by atoms with Gasteiger partial charge in [0.1, 0.15) is 13.2 Å². The van der Waals surface area contributed by atoms with Crippen LogP contribution in [-0.2, 0) is 33.3 Å². The van der Waals surface area contributed by atoms with Crippen LogP contribution in [0.5, 0.6) is 0 Å². The number of allylic oxidation sites excluding steroid dienone is 6. The summed E-state index contributed by atoms with van der Waals surface area (Å²) >= 11 is 0. The summed E-state index contributed by atoms with van der Waals surface area (Å²) in [7, 11) is 5.94. The number of hydrogen-bond acceptors (Lipinski definition) is 7. The maximum absolute atomic E-state index is 12.7. The number of ether oxygens (including phenoxy) is 4. The number of carbonyl (C=O) groups is 3. The van der Waals surface area contributed by atoms with Crippen LogP contribution in [0.4, 0.5) is 0 Å². The summed E-state index contributed by atoms with van der Waals surface area (Å²) < 4.78 is 22.6. The second-order valence-corrected chi connectivity index (χ2v) is 14.9. The van der Waals surface area contributed by atoms with Crippen LogP contribution >= 0.6 is 0 Å². The molecule has 0 spiro atoms. The molecule has 9 heteroatoms. The molecule has 0 radical (unpaired) electrons. The number of quaternary nitrogens is 1. The van der Waals surface area contributed by atoms with Gasteiger partial charge in [-0.25, -0.2) is 4.79 Å². The van der Waals surface area contributed by atoms with Gasteiger partial charge in [-0.3, -0.25) is 9.59 Å². The van der Waals surface area contributed by atoms with E-state index in [2.05, 4.69) is 50.3 Å². The van der Waals surface area contributed by atoms with Gasteiger partial charge < -0.3 is 28.5 Å². The van der Waals surface area contributed by atoms with Crippen molar-refractivity contribution in [3.63, 3.8) is 0 Å². The predicted molar refractivity (Wildman–Crippen MR) is 212 cm³/mol. The SMILES string of the molecule is CCCCC/C=C\C/C=C\CCCCCCCC(=O)OC(COC(=O)CCCCCCC/C=C\CCCCC)COC(OCC[N+](C)(C)C)C(=O)O. The van der Waals surface area contributed by atoms with Gasteiger partial charge in [0.25, 0.3) is 6.29 Å². The molecule has 0 saturated carbocycles. The number of likely N-dealkylation sites (N-methyl/N-ethyl adjacent to an activating group) is 1. The van der Waals surface area contributed by atoms with E-state index in [9.17, 15) is 19.5 Å². The lowest BCUT2D eigenvalue weighted by atomic mass is 10.1. The summed E-state index contributed by atoms with van der Waals surface area (Å²) in [5.74, 6) is -2.04. The number of rotatable bonds is 37. The molecule has 0 aliphatic heterocycles. The number of esters is 2. The lowest BCUT2D eigenvalue weighted by Crippen LogP contribution is -2.40. The van der Waals surface area contributed by atoms with Crippen molar-refractivity contribution in [3.8, 4) is 0 Å². The molecule has 0 amide bonds. The first-order valence-corrected chi connectivity index (χ1v) is 20.7. The van der Waals surface area contributed by atoms with Crippen LogP contribution in [0.15, 0.2) is 36.5 Å². The zero-order chi connectivity index (χ0) is 38.5. The van der Waals surface area contributed by atoms with E-state index in [0.29, 0.717) is 17.4 Å². The van der Waals surface area contributed by atoms with Crippen molar-refractivity contribution in [3.05, 3.63) is 36.5 Å². The Kier molecular flexibility index (Phi) is 33.8. The number of aliphatic carboxylic acids is 1. The molecule has 1 N–H and O–H groups in total. The van der Waals surface area contributed by atoms with Crippen LogP contribution in [0.1, 0.15) is 162 Å². The summed E-state index contributed by atoms with van der Waals surface area (Å²) in [4.78, 5) is 36.9. The highest BCUT2D eigenvalue weighted by Crippen LogP contribution is 2.12. The van der Waals surface area contributed by atoms with E-state index in [1.807, 2.05) is 21.1 Å². The quantitative estimate of drug-likeness (QED) is 0.0221. The molecule has 0 saturated heterocycles. The molecule has 0 aliphatic carbocycles. The number of carboxylic acid groups (broad SMARTS) is 1. The Balaban J connectivity index is 4.54. The fourth-order valence-electron chi connectivity index (χ4n) is 5.33. The average molecular weight is 737 g/mol. The van der Waals surface area contributed by atoms with Crippen molar-refractivity contribution in [2.75, 3.05) is 47.5 Å². The number of carboxylic acids is 1. The van der Waals surface area contributed by atoms with Crippen molar-refractivity contribution in [1.29, 1.82) is 0 Å². The van der Waals surface area contributed by atoms with Crippen molar-refractivity contribution >= 4 is 17.9 Å². The Morgan fingerprint density at radius 1 is 0.577 bits per heavy atom. The van der Waals surface area contributed by atoms with E-state index in [1.54, 1.807) is 0 Å². The molecule has 0 bridgehead atoms. The molecule has 0 aromatic rings. The average Bonchev–Trinajstić information content (AvgIpc) is 3.09. The van der Waals surface area contributed by atoms with Crippen molar-refractivity contribution in [1.82, 2.24) is 0 Å². The second-order valence-electron chi connectivity index (χ2n) is 14.9. The van der Waals surface area contributed by atoms with E-state index in [1.165, 1.54) is 51.4 Å². The molecule has 52 heavy (non-hydrogen) atoms. The Hall–Kier alpha value is -2.49. The highest BCUT2D eigenvalue weighted by atomic mass is 16.7. The first-order chi connectivity index (χ1) is 25.1. The van der Waals surface area contributed by atoms with E-state index < -0.39 is 24.3 Å². The topological polar surface area (TPSA) is 108 Å². The molecule has 302 valence electrons. The smallest absolute Gasteiger partial charge is 0.361 e. The van der Waals surface area contributed by atoms with Gasteiger partial charge in [-0.05, 0) is 70.6 Å². The highest BCUT2D eigenvalue weighted by molar-refractivity contribution is 5.71. The molecular formula is C43H78NO8+. The van der Waals surface area contributed by atoms with Gasteiger partial charge in [-0.15, -0.1) is 0 Å². The highest BCUT2D eigenvalue weighted by Gasteiger charge is 2.25. The largest absolute Gasteiger partial charge is 0.477 e. The monoisotopic (exact) mass is 737 g/mol. The molecular weight excluding hydrogens is 658 g/mol. The third-order valence-electron chi connectivity index (χ3n) is 8.62. The third kappa shape index (κ3) is 35.9. The summed E-state index contributed by atoms with van der Waals surface area (Å²) in [5, 5.41) is 9.60. The molecule has 0 heterocycles. The Bertz CT molecular complexity index is 955.